The first-order valence-corrected chi connectivity index (χ1v) is 6.20. The van der Waals surface area contributed by atoms with Crippen LogP contribution in [0.4, 0.5) is 0 Å². The summed E-state index contributed by atoms with van der Waals surface area (Å²) in [5.74, 6) is -1.33. The number of benzene rings is 2. The van der Waals surface area contributed by atoms with Gasteiger partial charge in [0.25, 0.3) is 0 Å². The smallest absolute Gasteiger partial charge is 0.336 e. The Balaban J connectivity index is 0.00000220. The van der Waals surface area contributed by atoms with E-state index in [9.17, 15) is 15.0 Å². The topological polar surface area (TPSA) is 66.8 Å². The summed E-state index contributed by atoms with van der Waals surface area (Å²) in [5, 5.41) is 19.5. The summed E-state index contributed by atoms with van der Waals surface area (Å²) in [6.45, 7) is 0. The molecule has 2 aromatic carbocycles. The number of carboxylic acids is 1. The minimum absolute atomic E-state index is 0. The number of carbonyl (C=O) groups is 1. The predicted octanol–water partition coefficient (Wildman–Crippen LogP) is 1.64. The molecule has 21 heavy (non-hydrogen) atoms. The third-order valence-corrected chi connectivity index (χ3v) is 3.35. The van der Waals surface area contributed by atoms with Gasteiger partial charge in [-0.1, -0.05) is 60.7 Å². The van der Waals surface area contributed by atoms with Gasteiger partial charge >= 0.3 is 5.97 Å². The molecule has 0 aliphatic carbocycles. The van der Waals surface area contributed by atoms with Gasteiger partial charge in [0.2, 0.25) is 0 Å². The van der Waals surface area contributed by atoms with Crippen LogP contribution in [0.25, 0.3) is 0 Å². The fourth-order valence-electron chi connectivity index (χ4n) is 2.38. The van der Waals surface area contributed by atoms with Crippen LogP contribution in [0.15, 0.2) is 60.7 Å². The zero-order valence-electron chi connectivity index (χ0n) is 12.1. The van der Waals surface area contributed by atoms with Gasteiger partial charge in [0, 0.05) is 58.5 Å². The van der Waals surface area contributed by atoms with E-state index in [-0.39, 0.29) is 51.4 Å². The van der Waals surface area contributed by atoms with Crippen LogP contribution in [0.3, 0.4) is 0 Å². The van der Waals surface area contributed by atoms with Crippen molar-refractivity contribution in [1.82, 2.24) is 0 Å². The molecule has 1 unspecified atom stereocenters. The molecule has 0 aliphatic heterocycles. The molecule has 1 atom stereocenters. The molecule has 0 spiro atoms. The zero-order chi connectivity index (χ0) is 14.6. The van der Waals surface area contributed by atoms with Crippen LogP contribution in [0, 0.1) is 0 Å². The van der Waals surface area contributed by atoms with Crippen LogP contribution < -0.4 is 0 Å². The van der Waals surface area contributed by atoms with E-state index in [2.05, 4.69) is 0 Å². The van der Waals surface area contributed by atoms with Crippen molar-refractivity contribution >= 4 is 57.4 Å². The molecular formula is C16H16KO4. The average molecular weight is 311 g/mol. The number of rotatable bonds is 5. The molecule has 5 heteroatoms. The van der Waals surface area contributed by atoms with Crippen molar-refractivity contribution in [3.05, 3.63) is 71.8 Å². The second-order valence-corrected chi connectivity index (χ2v) is 4.41. The van der Waals surface area contributed by atoms with Crippen LogP contribution in [0.5, 0.6) is 0 Å². The summed E-state index contributed by atoms with van der Waals surface area (Å²) in [7, 11) is 1.40. The molecule has 2 rings (SSSR count). The van der Waals surface area contributed by atoms with Crippen LogP contribution in [-0.2, 0) is 15.1 Å². The molecule has 0 amide bonds. The van der Waals surface area contributed by atoms with Gasteiger partial charge in [-0.05, 0) is 11.1 Å². The van der Waals surface area contributed by atoms with E-state index < -0.39 is 17.7 Å². The summed E-state index contributed by atoms with van der Waals surface area (Å²) in [6, 6.07) is 17.7. The number of aliphatic carboxylic acids is 1. The van der Waals surface area contributed by atoms with E-state index >= 15 is 0 Å². The molecule has 2 N–H and O–H groups in total. The molecule has 0 saturated heterocycles. The van der Waals surface area contributed by atoms with Gasteiger partial charge < -0.3 is 14.9 Å². The molecular weight excluding hydrogens is 295 g/mol. The maximum absolute atomic E-state index is 11.3. The van der Waals surface area contributed by atoms with Crippen molar-refractivity contribution in [2.45, 2.75) is 11.7 Å². The molecule has 1 radical (unpaired) electrons. The molecule has 0 saturated carbocycles. The maximum atomic E-state index is 11.3. The van der Waals surface area contributed by atoms with Crippen molar-refractivity contribution in [3.8, 4) is 0 Å². The number of aliphatic hydroxyl groups is 1. The first kappa shape index (κ1) is 18.5. The Hall–Kier alpha value is -0.534. The number of hydrogen-bond donors (Lipinski definition) is 2. The Labute approximate surface area is 166 Å². The van der Waals surface area contributed by atoms with Crippen molar-refractivity contribution in [2.75, 3.05) is 7.11 Å². The standard InChI is InChI=1S/C16H16O4.K/c1-20-16(14(17)15(18)19,12-8-4-2-5-9-12)13-10-6-3-7-11-13;/h2-11,14,17H,1H3,(H,18,19);. The summed E-state index contributed by atoms with van der Waals surface area (Å²) >= 11 is 0. The van der Waals surface area contributed by atoms with Crippen molar-refractivity contribution in [3.63, 3.8) is 0 Å². The first-order valence-electron chi connectivity index (χ1n) is 6.20. The number of hydrogen-bond acceptors (Lipinski definition) is 3. The van der Waals surface area contributed by atoms with Gasteiger partial charge in [0.05, 0.1) is 0 Å². The van der Waals surface area contributed by atoms with Gasteiger partial charge in [-0.15, -0.1) is 0 Å². The Morgan fingerprint density at radius 1 is 1.00 bits per heavy atom. The van der Waals surface area contributed by atoms with Crippen LogP contribution in [-0.4, -0.2) is 80.8 Å². The molecule has 0 heterocycles. The van der Waals surface area contributed by atoms with Crippen LogP contribution in [0.1, 0.15) is 11.1 Å². The minimum atomic E-state index is -1.71. The van der Waals surface area contributed by atoms with Gasteiger partial charge in [-0.3, -0.25) is 0 Å². The number of ether oxygens (including phenoxy) is 1. The normalized spacial score (nSPS) is 12.3. The van der Waals surface area contributed by atoms with Crippen LogP contribution >= 0.6 is 0 Å². The second-order valence-electron chi connectivity index (χ2n) is 4.41. The monoisotopic (exact) mass is 311 g/mol. The molecule has 0 bridgehead atoms. The SMILES string of the molecule is COC(c1ccccc1)(c1ccccc1)C(O)C(=O)O.[K]. The van der Waals surface area contributed by atoms with E-state index in [4.69, 9.17) is 4.74 Å². The number of aliphatic hydroxyl groups excluding tert-OH is 1. The maximum Gasteiger partial charge on any atom is 0.336 e. The largest absolute Gasteiger partial charge is 0.479 e. The van der Waals surface area contributed by atoms with E-state index in [1.807, 2.05) is 12.1 Å². The van der Waals surface area contributed by atoms with Crippen molar-refractivity contribution in [1.29, 1.82) is 0 Å². The van der Waals surface area contributed by atoms with E-state index in [1.165, 1.54) is 7.11 Å². The number of methoxy groups -OCH3 is 1. The molecule has 4 nitrogen and oxygen atoms in total. The molecule has 0 aromatic heterocycles. The molecule has 105 valence electrons. The molecule has 0 fully saturated rings. The second kappa shape index (κ2) is 8.19. The fraction of sp³-hybridized carbons (Fsp3) is 0.188. The predicted molar refractivity (Wildman–Crippen MR) is 80.1 cm³/mol. The van der Waals surface area contributed by atoms with Gasteiger partial charge in [-0.25, -0.2) is 4.79 Å². The third-order valence-electron chi connectivity index (χ3n) is 3.35. The first-order chi connectivity index (χ1) is 9.63. The summed E-state index contributed by atoms with van der Waals surface area (Å²) in [4.78, 5) is 11.3. The Morgan fingerprint density at radius 3 is 1.67 bits per heavy atom. The van der Waals surface area contributed by atoms with E-state index in [1.54, 1.807) is 48.5 Å². The van der Waals surface area contributed by atoms with Gasteiger partial charge in [0.15, 0.2) is 11.7 Å². The van der Waals surface area contributed by atoms with Crippen molar-refractivity contribution in [2.24, 2.45) is 0 Å². The molecule has 2 aromatic rings. The Kier molecular flexibility index (Phi) is 7.22. The summed E-state index contributed by atoms with van der Waals surface area (Å²) in [5.41, 5.74) is -0.263. The van der Waals surface area contributed by atoms with E-state index in [0.717, 1.165) is 0 Å². The Morgan fingerprint density at radius 2 is 1.38 bits per heavy atom. The number of carboxylic acid groups (broad SMARTS) is 1. The fourth-order valence-corrected chi connectivity index (χ4v) is 2.38. The Bertz CT molecular complexity index is 532. The summed E-state index contributed by atoms with van der Waals surface area (Å²) in [6.07, 6.45) is -1.71. The van der Waals surface area contributed by atoms with Crippen LogP contribution in [0.2, 0.25) is 0 Å². The summed E-state index contributed by atoms with van der Waals surface area (Å²) < 4.78 is 5.50. The third kappa shape index (κ3) is 3.63. The van der Waals surface area contributed by atoms with Gasteiger partial charge in [-0.2, -0.15) is 0 Å². The van der Waals surface area contributed by atoms with Crippen molar-refractivity contribution < 1.29 is 19.7 Å². The van der Waals surface area contributed by atoms with Gasteiger partial charge in [0.1, 0.15) is 0 Å². The molecule has 0 aliphatic rings. The van der Waals surface area contributed by atoms with E-state index in [0.29, 0.717) is 11.1 Å². The quantitative estimate of drug-likeness (QED) is 0.824. The minimum Gasteiger partial charge on any atom is -0.479 e. The average Bonchev–Trinajstić information content (AvgIpc) is 2.50. The zero-order valence-corrected chi connectivity index (χ0v) is 15.2.